The lowest BCUT2D eigenvalue weighted by Gasteiger charge is -2.22. The van der Waals surface area contributed by atoms with Gasteiger partial charge in [-0.3, -0.25) is 4.79 Å². The zero-order valence-electron chi connectivity index (χ0n) is 11.6. The van der Waals surface area contributed by atoms with Gasteiger partial charge in [0.05, 0.1) is 0 Å². The molecule has 3 aliphatic rings. The number of carbonyl (C=O) groups is 1. The molecule has 0 spiro atoms. The minimum Gasteiger partial charge on any atom is -0.454 e. The molecule has 3 atom stereocenters. The molecule has 21 heavy (non-hydrogen) atoms. The van der Waals surface area contributed by atoms with E-state index >= 15 is 0 Å². The molecule has 4 nitrogen and oxygen atoms in total. The van der Waals surface area contributed by atoms with Crippen molar-refractivity contribution in [1.29, 1.82) is 0 Å². The number of allylic oxidation sites excluding steroid dienone is 3. The minimum absolute atomic E-state index is 0.0399. The van der Waals surface area contributed by atoms with Gasteiger partial charge < -0.3 is 14.8 Å². The van der Waals surface area contributed by atoms with Crippen molar-refractivity contribution in [3.63, 3.8) is 0 Å². The number of benzene rings is 1. The topological polar surface area (TPSA) is 47.6 Å². The fraction of sp³-hybridized carbons (Fsp3) is 0.353. The standard InChI is InChI=1S/C17H17NO3/c19-17(12-6-8-15-16(9-12)21-10-20-15)18-14-7-5-11-3-1-2-4-13(11)14/h1-4,6,8-9,11,13-14H,5,7,10H2,(H,18,19). The van der Waals surface area contributed by atoms with Gasteiger partial charge >= 0.3 is 0 Å². The number of hydrogen-bond donors (Lipinski definition) is 1. The number of ether oxygens (including phenoxy) is 2. The summed E-state index contributed by atoms with van der Waals surface area (Å²) in [5.41, 5.74) is 0.623. The smallest absolute Gasteiger partial charge is 0.251 e. The number of carbonyl (C=O) groups excluding carboxylic acids is 1. The Morgan fingerprint density at radius 1 is 1.10 bits per heavy atom. The van der Waals surface area contributed by atoms with Crippen LogP contribution >= 0.6 is 0 Å². The molecule has 1 amide bonds. The van der Waals surface area contributed by atoms with Crippen molar-refractivity contribution in [2.24, 2.45) is 11.8 Å². The SMILES string of the molecule is O=C(NC1CCC2C=CC=CC21)c1ccc2c(c1)OCO2. The Balaban J connectivity index is 1.49. The second kappa shape index (κ2) is 4.95. The van der Waals surface area contributed by atoms with E-state index in [4.69, 9.17) is 9.47 Å². The van der Waals surface area contributed by atoms with E-state index in [1.54, 1.807) is 18.2 Å². The summed E-state index contributed by atoms with van der Waals surface area (Å²) in [7, 11) is 0. The molecular formula is C17H17NO3. The lowest BCUT2D eigenvalue weighted by atomic mass is 9.90. The molecule has 2 aliphatic carbocycles. The Morgan fingerprint density at radius 3 is 2.90 bits per heavy atom. The molecule has 1 saturated carbocycles. The summed E-state index contributed by atoms with van der Waals surface area (Å²) in [6, 6.07) is 5.54. The average Bonchev–Trinajstić information content (AvgIpc) is 3.13. The summed E-state index contributed by atoms with van der Waals surface area (Å²) in [5, 5.41) is 3.17. The molecule has 0 saturated heterocycles. The Hall–Kier alpha value is -2.23. The van der Waals surface area contributed by atoms with Crippen LogP contribution in [0.25, 0.3) is 0 Å². The maximum Gasteiger partial charge on any atom is 0.251 e. The molecule has 1 aliphatic heterocycles. The predicted octanol–water partition coefficient (Wildman–Crippen LogP) is 2.67. The molecule has 1 aromatic carbocycles. The van der Waals surface area contributed by atoms with Crippen molar-refractivity contribution in [3.8, 4) is 11.5 Å². The molecule has 0 aromatic heterocycles. The Morgan fingerprint density at radius 2 is 1.95 bits per heavy atom. The summed E-state index contributed by atoms with van der Waals surface area (Å²) in [6.07, 6.45) is 10.8. The van der Waals surface area contributed by atoms with Gasteiger partial charge in [-0.15, -0.1) is 0 Å². The van der Waals surface area contributed by atoms with E-state index in [0.717, 1.165) is 12.8 Å². The molecule has 1 aromatic rings. The Kier molecular flexibility index (Phi) is 2.95. The highest BCUT2D eigenvalue weighted by Gasteiger charge is 2.34. The van der Waals surface area contributed by atoms with Crippen LogP contribution in [0.1, 0.15) is 23.2 Å². The average molecular weight is 283 g/mol. The van der Waals surface area contributed by atoms with Gasteiger partial charge in [0.1, 0.15) is 0 Å². The molecule has 0 radical (unpaired) electrons. The van der Waals surface area contributed by atoms with Crippen LogP contribution in [-0.4, -0.2) is 18.7 Å². The number of rotatable bonds is 2. The van der Waals surface area contributed by atoms with Crippen molar-refractivity contribution >= 4 is 5.91 Å². The van der Waals surface area contributed by atoms with Gasteiger partial charge in [0.15, 0.2) is 11.5 Å². The zero-order valence-corrected chi connectivity index (χ0v) is 11.6. The zero-order chi connectivity index (χ0) is 14.2. The van der Waals surface area contributed by atoms with Gasteiger partial charge in [-0.25, -0.2) is 0 Å². The first-order valence-electron chi connectivity index (χ1n) is 7.37. The summed E-state index contributed by atoms with van der Waals surface area (Å²) < 4.78 is 10.6. The third-order valence-electron chi connectivity index (χ3n) is 4.52. The maximum atomic E-state index is 12.4. The summed E-state index contributed by atoms with van der Waals surface area (Å²) in [4.78, 5) is 12.4. The minimum atomic E-state index is -0.0399. The summed E-state index contributed by atoms with van der Waals surface area (Å²) >= 11 is 0. The molecular weight excluding hydrogens is 266 g/mol. The van der Waals surface area contributed by atoms with Gasteiger partial charge in [-0.1, -0.05) is 24.3 Å². The van der Waals surface area contributed by atoms with Crippen LogP contribution in [0.2, 0.25) is 0 Å². The first kappa shape index (κ1) is 12.5. The van der Waals surface area contributed by atoms with Crippen LogP contribution in [0.5, 0.6) is 11.5 Å². The van der Waals surface area contributed by atoms with E-state index < -0.39 is 0 Å². The molecule has 1 N–H and O–H groups in total. The third-order valence-corrected chi connectivity index (χ3v) is 4.52. The van der Waals surface area contributed by atoms with Crippen LogP contribution in [0.15, 0.2) is 42.5 Å². The number of nitrogens with one attached hydrogen (secondary N) is 1. The van der Waals surface area contributed by atoms with Gasteiger partial charge in [0.2, 0.25) is 6.79 Å². The third kappa shape index (κ3) is 2.20. The second-order valence-electron chi connectivity index (χ2n) is 5.74. The molecule has 1 fully saturated rings. The van der Waals surface area contributed by atoms with Crippen molar-refractivity contribution in [1.82, 2.24) is 5.32 Å². The first-order valence-corrected chi connectivity index (χ1v) is 7.37. The van der Waals surface area contributed by atoms with Crippen molar-refractivity contribution in [2.45, 2.75) is 18.9 Å². The van der Waals surface area contributed by atoms with Crippen LogP contribution in [-0.2, 0) is 0 Å². The van der Waals surface area contributed by atoms with Crippen LogP contribution in [0.4, 0.5) is 0 Å². The molecule has 4 rings (SSSR count). The van der Waals surface area contributed by atoms with Crippen molar-refractivity contribution in [3.05, 3.63) is 48.1 Å². The van der Waals surface area contributed by atoms with Crippen LogP contribution in [0.3, 0.4) is 0 Å². The molecule has 0 bridgehead atoms. The van der Waals surface area contributed by atoms with E-state index in [1.165, 1.54) is 0 Å². The highest BCUT2D eigenvalue weighted by Crippen LogP contribution is 2.37. The lowest BCUT2D eigenvalue weighted by molar-refractivity contribution is 0.0930. The second-order valence-corrected chi connectivity index (χ2v) is 5.74. The fourth-order valence-electron chi connectivity index (χ4n) is 3.41. The van der Waals surface area contributed by atoms with E-state index in [9.17, 15) is 4.79 Å². The Bertz CT molecular complexity index is 635. The van der Waals surface area contributed by atoms with Crippen molar-refractivity contribution < 1.29 is 14.3 Å². The summed E-state index contributed by atoms with van der Waals surface area (Å²) in [6.45, 7) is 0.226. The highest BCUT2D eigenvalue weighted by molar-refractivity contribution is 5.95. The quantitative estimate of drug-likeness (QED) is 0.907. The van der Waals surface area contributed by atoms with Gasteiger partial charge in [0.25, 0.3) is 5.91 Å². The van der Waals surface area contributed by atoms with E-state index in [2.05, 4.69) is 29.6 Å². The largest absolute Gasteiger partial charge is 0.454 e. The molecule has 3 unspecified atom stereocenters. The number of amides is 1. The van der Waals surface area contributed by atoms with Gasteiger partial charge in [-0.2, -0.15) is 0 Å². The van der Waals surface area contributed by atoms with Crippen molar-refractivity contribution in [2.75, 3.05) is 6.79 Å². The summed E-state index contributed by atoms with van der Waals surface area (Å²) in [5.74, 6) is 2.30. The van der Waals surface area contributed by atoms with Crippen LogP contribution < -0.4 is 14.8 Å². The molecule has 108 valence electrons. The van der Waals surface area contributed by atoms with Gasteiger partial charge in [0, 0.05) is 17.5 Å². The first-order chi connectivity index (χ1) is 10.3. The molecule has 1 heterocycles. The van der Waals surface area contributed by atoms with E-state index in [1.807, 2.05) is 0 Å². The van der Waals surface area contributed by atoms with Gasteiger partial charge in [-0.05, 0) is 37.0 Å². The predicted molar refractivity (Wildman–Crippen MR) is 78.3 cm³/mol. The monoisotopic (exact) mass is 283 g/mol. The van der Waals surface area contributed by atoms with E-state index in [-0.39, 0.29) is 18.7 Å². The highest BCUT2D eigenvalue weighted by atomic mass is 16.7. The maximum absolute atomic E-state index is 12.4. The fourth-order valence-corrected chi connectivity index (χ4v) is 3.41. The Labute approximate surface area is 123 Å². The normalized spacial score (nSPS) is 28.5. The number of fused-ring (bicyclic) bond motifs is 2. The van der Waals surface area contributed by atoms with Crippen LogP contribution in [0, 0.1) is 11.8 Å². The van der Waals surface area contributed by atoms with E-state index in [0.29, 0.717) is 28.9 Å². The number of hydrogen-bond acceptors (Lipinski definition) is 3. The lowest BCUT2D eigenvalue weighted by Crippen LogP contribution is -2.38. The molecule has 4 heteroatoms.